The highest BCUT2D eigenvalue weighted by atomic mass is 35.5. The fourth-order valence-electron chi connectivity index (χ4n) is 1.54. The van der Waals surface area contributed by atoms with Gasteiger partial charge in [-0.05, 0) is 31.0 Å². The minimum absolute atomic E-state index is 0.116. The number of benzene rings is 1. The molecule has 84 valence electrons. The number of hydrogen-bond donors (Lipinski definition) is 2. The van der Waals surface area contributed by atoms with Crippen LogP contribution < -0.4 is 5.32 Å². The average molecular weight is 228 g/mol. The van der Waals surface area contributed by atoms with E-state index in [1.54, 1.807) is 0 Å². The van der Waals surface area contributed by atoms with Gasteiger partial charge in [-0.1, -0.05) is 30.7 Å². The van der Waals surface area contributed by atoms with E-state index in [1.165, 1.54) is 5.56 Å². The van der Waals surface area contributed by atoms with Crippen LogP contribution in [0.1, 0.15) is 31.9 Å². The minimum Gasteiger partial charge on any atom is -0.395 e. The first-order chi connectivity index (χ1) is 7.17. The van der Waals surface area contributed by atoms with Gasteiger partial charge in [-0.15, -0.1) is 0 Å². The molecule has 0 radical (unpaired) electrons. The van der Waals surface area contributed by atoms with Crippen LogP contribution in [0.3, 0.4) is 0 Å². The van der Waals surface area contributed by atoms with Gasteiger partial charge in [-0.2, -0.15) is 0 Å². The van der Waals surface area contributed by atoms with E-state index in [-0.39, 0.29) is 18.7 Å². The fourth-order valence-corrected chi connectivity index (χ4v) is 1.67. The first-order valence-electron chi connectivity index (χ1n) is 5.29. The van der Waals surface area contributed by atoms with Crippen LogP contribution in [-0.4, -0.2) is 17.8 Å². The predicted octanol–water partition coefficient (Wildman–Crippen LogP) is 2.76. The van der Waals surface area contributed by atoms with Crippen molar-refractivity contribution in [3.8, 4) is 0 Å². The summed E-state index contributed by atoms with van der Waals surface area (Å²) in [6.45, 7) is 4.25. The van der Waals surface area contributed by atoms with Crippen molar-refractivity contribution in [2.75, 3.05) is 6.61 Å². The second-order valence-corrected chi connectivity index (χ2v) is 4.20. The van der Waals surface area contributed by atoms with E-state index in [2.05, 4.69) is 12.2 Å². The van der Waals surface area contributed by atoms with Gasteiger partial charge in [-0.25, -0.2) is 0 Å². The molecule has 0 aliphatic rings. The van der Waals surface area contributed by atoms with Gasteiger partial charge in [0.25, 0.3) is 0 Å². The van der Waals surface area contributed by atoms with Gasteiger partial charge in [0.15, 0.2) is 0 Å². The summed E-state index contributed by atoms with van der Waals surface area (Å²) in [4.78, 5) is 0. The van der Waals surface area contributed by atoms with E-state index in [1.807, 2.05) is 31.2 Å². The maximum Gasteiger partial charge on any atom is 0.0582 e. The smallest absolute Gasteiger partial charge is 0.0582 e. The Labute approximate surface area is 96.3 Å². The quantitative estimate of drug-likeness (QED) is 0.811. The Bertz CT molecular complexity index is 286. The molecule has 15 heavy (non-hydrogen) atoms. The molecule has 2 N–H and O–H groups in total. The van der Waals surface area contributed by atoms with Crippen LogP contribution >= 0.6 is 11.6 Å². The summed E-state index contributed by atoms with van der Waals surface area (Å²) < 4.78 is 0. The van der Waals surface area contributed by atoms with Crippen molar-refractivity contribution < 1.29 is 5.11 Å². The van der Waals surface area contributed by atoms with Gasteiger partial charge in [0.2, 0.25) is 0 Å². The Hall–Kier alpha value is -0.570. The summed E-state index contributed by atoms with van der Waals surface area (Å²) in [5.74, 6) is 0. The van der Waals surface area contributed by atoms with Gasteiger partial charge in [0.1, 0.15) is 0 Å². The first kappa shape index (κ1) is 12.5. The maximum atomic E-state index is 8.99. The largest absolute Gasteiger partial charge is 0.395 e. The molecule has 2 nitrogen and oxygen atoms in total. The van der Waals surface area contributed by atoms with E-state index in [4.69, 9.17) is 16.7 Å². The van der Waals surface area contributed by atoms with E-state index < -0.39 is 0 Å². The highest BCUT2D eigenvalue weighted by Crippen LogP contribution is 2.19. The van der Waals surface area contributed by atoms with Crippen LogP contribution in [-0.2, 0) is 0 Å². The minimum atomic E-state index is 0.116. The van der Waals surface area contributed by atoms with Gasteiger partial charge in [0, 0.05) is 17.1 Å². The highest BCUT2D eigenvalue weighted by molar-refractivity contribution is 6.30. The summed E-state index contributed by atoms with van der Waals surface area (Å²) in [5.41, 5.74) is 1.21. The molecule has 0 amide bonds. The van der Waals surface area contributed by atoms with Gasteiger partial charge >= 0.3 is 0 Å². The normalized spacial score (nSPS) is 14.9. The van der Waals surface area contributed by atoms with Crippen LogP contribution in [0.5, 0.6) is 0 Å². The lowest BCUT2D eigenvalue weighted by Gasteiger charge is -2.21. The van der Waals surface area contributed by atoms with Crippen LogP contribution in [0, 0.1) is 0 Å². The molecule has 0 spiro atoms. The third-order valence-electron chi connectivity index (χ3n) is 2.44. The molecule has 2 atom stereocenters. The maximum absolute atomic E-state index is 8.99. The summed E-state index contributed by atoms with van der Waals surface area (Å²) in [6.07, 6.45) is 0.992. The molecule has 0 heterocycles. The van der Waals surface area contributed by atoms with Gasteiger partial charge < -0.3 is 10.4 Å². The molecule has 0 saturated heterocycles. The summed E-state index contributed by atoms with van der Waals surface area (Å²) in [7, 11) is 0. The number of aliphatic hydroxyl groups excluding tert-OH is 1. The molecule has 0 aliphatic heterocycles. The predicted molar refractivity (Wildman–Crippen MR) is 64.2 cm³/mol. The van der Waals surface area contributed by atoms with Crippen LogP contribution in [0.15, 0.2) is 24.3 Å². The average Bonchev–Trinajstić information content (AvgIpc) is 2.27. The number of nitrogens with one attached hydrogen (secondary N) is 1. The molecule has 0 saturated carbocycles. The standard InChI is InChI=1S/C12H18ClNO/c1-3-12(14-9(2)8-15)10-4-6-11(13)7-5-10/h4-7,9,12,14-15H,3,8H2,1-2H3/t9-,12+/m1/s1. The van der Waals surface area contributed by atoms with E-state index in [0.29, 0.717) is 0 Å². The summed E-state index contributed by atoms with van der Waals surface area (Å²) >= 11 is 5.83. The van der Waals surface area contributed by atoms with Crippen molar-refractivity contribution in [3.05, 3.63) is 34.9 Å². The number of rotatable bonds is 5. The van der Waals surface area contributed by atoms with Crippen molar-refractivity contribution in [2.24, 2.45) is 0 Å². The van der Waals surface area contributed by atoms with Crippen LogP contribution in [0.25, 0.3) is 0 Å². The SMILES string of the molecule is CC[C@H](N[C@H](C)CO)c1ccc(Cl)cc1. The second kappa shape index (κ2) is 6.11. The lowest BCUT2D eigenvalue weighted by Crippen LogP contribution is -2.32. The van der Waals surface area contributed by atoms with E-state index in [9.17, 15) is 0 Å². The highest BCUT2D eigenvalue weighted by Gasteiger charge is 2.11. The van der Waals surface area contributed by atoms with Crippen LogP contribution in [0.2, 0.25) is 5.02 Å². The van der Waals surface area contributed by atoms with Crippen LogP contribution in [0.4, 0.5) is 0 Å². The fraction of sp³-hybridized carbons (Fsp3) is 0.500. The number of halogens is 1. The van der Waals surface area contributed by atoms with Crippen molar-refractivity contribution in [2.45, 2.75) is 32.4 Å². The third-order valence-corrected chi connectivity index (χ3v) is 2.69. The molecule has 0 aromatic heterocycles. The molecule has 1 rings (SSSR count). The number of aliphatic hydroxyl groups is 1. The van der Waals surface area contributed by atoms with E-state index >= 15 is 0 Å². The lowest BCUT2D eigenvalue weighted by atomic mass is 10.0. The lowest BCUT2D eigenvalue weighted by molar-refractivity contribution is 0.239. The Morgan fingerprint density at radius 1 is 1.33 bits per heavy atom. The molecule has 0 bridgehead atoms. The topological polar surface area (TPSA) is 32.3 Å². The number of hydrogen-bond acceptors (Lipinski definition) is 2. The Morgan fingerprint density at radius 3 is 2.40 bits per heavy atom. The van der Waals surface area contributed by atoms with Gasteiger partial charge in [0.05, 0.1) is 6.61 Å². The van der Waals surface area contributed by atoms with Crippen molar-refractivity contribution >= 4 is 11.6 Å². The summed E-state index contributed by atoms with van der Waals surface area (Å²) in [6, 6.07) is 8.23. The first-order valence-corrected chi connectivity index (χ1v) is 5.67. The third kappa shape index (κ3) is 3.82. The molecule has 0 fully saturated rings. The second-order valence-electron chi connectivity index (χ2n) is 3.76. The molecular formula is C12H18ClNO. The Kier molecular flexibility index (Phi) is 5.09. The van der Waals surface area contributed by atoms with Gasteiger partial charge in [-0.3, -0.25) is 0 Å². The molecule has 1 aromatic carbocycles. The van der Waals surface area contributed by atoms with Crippen molar-refractivity contribution in [1.82, 2.24) is 5.32 Å². The molecular weight excluding hydrogens is 210 g/mol. The molecule has 1 aromatic rings. The summed E-state index contributed by atoms with van der Waals surface area (Å²) in [5, 5.41) is 13.1. The Morgan fingerprint density at radius 2 is 1.93 bits per heavy atom. The van der Waals surface area contributed by atoms with E-state index in [0.717, 1.165) is 11.4 Å². The monoisotopic (exact) mass is 227 g/mol. The van der Waals surface area contributed by atoms with Crippen molar-refractivity contribution in [3.63, 3.8) is 0 Å². The van der Waals surface area contributed by atoms with Crippen molar-refractivity contribution in [1.29, 1.82) is 0 Å². The molecule has 3 heteroatoms. The molecule has 0 unspecified atom stereocenters. The Balaban J connectivity index is 2.69. The molecule has 0 aliphatic carbocycles. The zero-order chi connectivity index (χ0) is 11.3. The zero-order valence-electron chi connectivity index (χ0n) is 9.20. The zero-order valence-corrected chi connectivity index (χ0v) is 9.96.